The predicted octanol–water partition coefficient (Wildman–Crippen LogP) is 6.62. The third-order valence-corrected chi connectivity index (χ3v) is 5.93. The molecule has 2 heteroatoms. The molecule has 1 aliphatic rings. The largest absolute Gasteiger partial charge is 0.497 e. The van der Waals surface area contributed by atoms with Crippen molar-refractivity contribution in [1.82, 2.24) is 4.98 Å². The van der Waals surface area contributed by atoms with Gasteiger partial charge in [0.05, 0.1) is 7.11 Å². The van der Waals surface area contributed by atoms with E-state index in [-0.39, 0.29) is 5.41 Å². The molecule has 0 radical (unpaired) electrons. The van der Waals surface area contributed by atoms with Gasteiger partial charge < -0.3 is 4.74 Å². The molecule has 0 spiro atoms. The molecule has 4 rings (SSSR count). The second kappa shape index (κ2) is 7.19. The molecule has 0 atom stereocenters. The van der Waals surface area contributed by atoms with Gasteiger partial charge in [-0.2, -0.15) is 0 Å². The number of ether oxygens (including phenoxy) is 1. The number of hydrogen-bond donors (Lipinski definition) is 0. The summed E-state index contributed by atoms with van der Waals surface area (Å²) < 4.78 is 5.57. The highest BCUT2D eigenvalue weighted by atomic mass is 16.5. The summed E-state index contributed by atoms with van der Waals surface area (Å²) in [6, 6.07) is 17.8. The summed E-state index contributed by atoms with van der Waals surface area (Å²) in [7, 11) is 1.76. The standard InChI is InChI=1S/C25H27NO/c1-4-12-25(13-5-2)23-16-19(18-10-14-26-15-11-18)6-8-21(23)22-9-7-20(27-3)17-24(22)25/h6-11,14-17H,4-5,12-13H2,1-3H3. The topological polar surface area (TPSA) is 22.1 Å². The first kappa shape index (κ1) is 17.8. The Morgan fingerprint density at radius 2 is 1.41 bits per heavy atom. The molecule has 0 bridgehead atoms. The van der Waals surface area contributed by atoms with Crippen LogP contribution in [-0.4, -0.2) is 12.1 Å². The van der Waals surface area contributed by atoms with E-state index >= 15 is 0 Å². The van der Waals surface area contributed by atoms with Crippen molar-refractivity contribution in [3.8, 4) is 28.0 Å². The second-order valence-electron chi connectivity index (χ2n) is 7.49. The first-order chi connectivity index (χ1) is 13.2. The lowest BCUT2D eigenvalue weighted by Crippen LogP contribution is -2.25. The van der Waals surface area contributed by atoms with E-state index in [1.165, 1.54) is 33.4 Å². The van der Waals surface area contributed by atoms with Crippen molar-refractivity contribution in [3.63, 3.8) is 0 Å². The molecular weight excluding hydrogens is 330 g/mol. The minimum atomic E-state index is 0.0751. The summed E-state index contributed by atoms with van der Waals surface area (Å²) in [6.45, 7) is 4.59. The van der Waals surface area contributed by atoms with Crippen molar-refractivity contribution in [3.05, 3.63) is 72.1 Å². The fraction of sp³-hybridized carbons (Fsp3) is 0.320. The first-order valence-electron chi connectivity index (χ1n) is 9.97. The van der Waals surface area contributed by atoms with E-state index in [1.54, 1.807) is 7.11 Å². The highest BCUT2D eigenvalue weighted by molar-refractivity contribution is 5.84. The Kier molecular flexibility index (Phi) is 4.73. The average molecular weight is 357 g/mol. The Morgan fingerprint density at radius 1 is 0.778 bits per heavy atom. The van der Waals surface area contributed by atoms with Crippen molar-refractivity contribution in [1.29, 1.82) is 0 Å². The second-order valence-corrected chi connectivity index (χ2v) is 7.49. The molecule has 0 aliphatic heterocycles. The molecule has 2 nitrogen and oxygen atoms in total. The van der Waals surface area contributed by atoms with Crippen LogP contribution in [0.1, 0.15) is 50.7 Å². The number of aromatic nitrogens is 1. The zero-order valence-corrected chi connectivity index (χ0v) is 16.5. The van der Waals surface area contributed by atoms with Gasteiger partial charge >= 0.3 is 0 Å². The smallest absolute Gasteiger partial charge is 0.119 e. The fourth-order valence-corrected chi connectivity index (χ4v) is 4.84. The Labute approximate surface area is 162 Å². The molecule has 1 aromatic heterocycles. The SMILES string of the molecule is CCCC1(CCC)c2cc(OC)ccc2-c2ccc(-c3ccncc3)cc21. The third kappa shape index (κ3) is 2.84. The van der Waals surface area contributed by atoms with Crippen LogP contribution in [0.3, 0.4) is 0 Å². The number of nitrogens with zero attached hydrogens (tertiary/aromatic N) is 1. The fourth-order valence-electron chi connectivity index (χ4n) is 4.84. The van der Waals surface area contributed by atoms with E-state index in [9.17, 15) is 0 Å². The summed E-state index contributed by atoms with van der Waals surface area (Å²) in [5.74, 6) is 0.951. The van der Waals surface area contributed by atoms with E-state index in [2.05, 4.69) is 67.4 Å². The predicted molar refractivity (Wildman–Crippen MR) is 112 cm³/mol. The quantitative estimate of drug-likeness (QED) is 0.494. The van der Waals surface area contributed by atoms with Crippen molar-refractivity contribution in [2.75, 3.05) is 7.11 Å². The van der Waals surface area contributed by atoms with E-state index in [0.29, 0.717) is 0 Å². The van der Waals surface area contributed by atoms with E-state index in [4.69, 9.17) is 4.74 Å². The van der Waals surface area contributed by atoms with Gasteiger partial charge in [0.25, 0.3) is 0 Å². The zero-order valence-electron chi connectivity index (χ0n) is 16.5. The van der Waals surface area contributed by atoms with Crippen LogP contribution in [0, 0.1) is 0 Å². The van der Waals surface area contributed by atoms with Crippen LogP contribution in [0.4, 0.5) is 0 Å². The lowest BCUT2D eigenvalue weighted by Gasteiger charge is -2.32. The normalized spacial score (nSPS) is 13.9. The molecular formula is C25H27NO. The van der Waals surface area contributed by atoms with Gasteiger partial charge in [0.1, 0.15) is 5.75 Å². The lowest BCUT2D eigenvalue weighted by molar-refractivity contribution is 0.406. The summed E-state index contributed by atoms with van der Waals surface area (Å²) in [4.78, 5) is 4.17. The Balaban J connectivity index is 1.95. The molecule has 138 valence electrons. The minimum Gasteiger partial charge on any atom is -0.497 e. The maximum Gasteiger partial charge on any atom is 0.119 e. The van der Waals surface area contributed by atoms with Crippen LogP contribution in [0.2, 0.25) is 0 Å². The van der Waals surface area contributed by atoms with Crippen LogP contribution in [0.15, 0.2) is 60.9 Å². The number of pyridine rings is 1. The third-order valence-electron chi connectivity index (χ3n) is 5.93. The Hall–Kier alpha value is -2.61. The molecule has 0 saturated heterocycles. The number of methoxy groups -OCH3 is 1. The molecule has 27 heavy (non-hydrogen) atoms. The molecule has 0 amide bonds. The van der Waals surface area contributed by atoms with Crippen LogP contribution in [0.5, 0.6) is 5.75 Å². The summed E-state index contributed by atoms with van der Waals surface area (Å²) in [5, 5.41) is 0. The van der Waals surface area contributed by atoms with Crippen LogP contribution in [0.25, 0.3) is 22.3 Å². The van der Waals surface area contributed by atoms with E-state index in [0.717, 1.165) is 31.4 Å². The van der Waals surface area contributed by atoms with Crippen LogP contribution < -0.4 is 4.74 Å². The monoisotopic (exact) mass is 357 g/mol. The van der Waals surface area contributed by atoms with Gasteiger partial charge in [-0.25, -0.2) is 0 Å². The van der Waals surface area contributed by atoms with Gasteiger partial charge in [0.2, 0.25) is 0 Å². The molecule has 2 aromatic carbocycles. The van der Waals surface area contributed by atoms with Gasteiger partial charge in [-0.3, -0.25) is 4.98 Å². The van der Waals surface area contributed by atoms with Gasteiger partial charge in [0, 0.05) is 17.8 Å². The maximum atomic E-state index is 5.57. The van der Waals surface area contributed by atoms with Gasteiger partial charge in [0.15, 0.2) is 0 Å². The van der Waals surface area contributed by atoms with Crippen LogP contribution in [-0.2, 0) is 5.41 Å². The molecule has 0 unspecified atom stereocenters. The van der Waals surface area contributed by atoms with Gasteiger partial charge in [-0.1, -0.05) is 44.9 Å². The Bertz CT molecular complexity index is 940. The highest BCUT2D eigenvalue weighted by Gasteiger charge is 2.42. The number of fused-ring (bicyclic) bond motifs is 3. The van der Waals surface area contributed by atoms with E-state index < -0.39 is 0 Å². The van der Waals surface area contributed by atoms with Gasteiger partial charge in [-0.15, -0.1) is 0 Å². The van der Waals surface area contributed by atoms with Crippen LogP contribution >= 0.6 is 0 Å². The molecule has 3 aromatic rings. The lowest BCUT2D eigenvalue weighted by atomic mass is 9.71. The molecule has 0 saturated carbocycles. The molecule has 0 N–H and O–H groups in total. The van der Waals surface area contributed by atoms with Crippen molar-refractivity contribution < 1.29 is 4.74 Å². The maximum absolute atomic E-state index is 5.57. The number of benzene rings is 2. The summed E-state index contributed by atoms with van der Waals surface area (Å²) in [5.41, 5.74) is 8.24. The average Bonchev–Trinajstić information content (AvgIpc) is 2.98. The molecule has 1 heterocycles. The van der Waals surface area contributed by atoms with Crippen molar-refractivity contribution in [2.24, 2.45) is 0 Å². The van der Waals surface area contributed by atoms with Crippen molar-refractivity contribution >= 4 is 0 Å². The molecule has 1 aliphatic carbocycles. The minimum absolute atomic E-state index is 0.0751. The molecule has 0 fully saturated rings. The highest BCUT2D eigenvalue weighted by Crippen LogP contribution is 2.55. The number of hydrogen-bond acceptors (Lipinski definition) is 2. The van der Waals surface area contributed by atoms with E-state index in [1.807, 2.05) is 12.4 Å². The Morgan fingerprint density at radius 3 is 2.04 bits per heavy atom. The van der Waals surface area contributed by atoms with Gasteiger partial charge in [-0.05, 0) is 76.6 Å². The first-order valence-corrected chi connectivity index (χ1v) is 9.97. The summed E-state index contributed by atoms with van der Waals surface area (Å²) in [6.07, 6.45) is 8.38. The summed E-state index contributed by atoms with van der Waals surface area (Å²) >= 11 is 0. The zero-order chi connectivity index (χ0) is 18.9. The number of rotatable bonds is 6. The van der Waals surface area contributed by atoms with Crippen molar-refractivity contribution in [2.45, 2.75) is 44.9 Å².